The fourth-order valence-corrected chi connectivity index (χ4v) is 6.52. The number of rotatable bonds is 7. The van der Waals surface area contributed by atoms with Crippen LogP contribution in [0.2, 0.25) is 0 Å². The first-order valence-electron chi connectivity index (χ1n) is 14.1. The number of hydrogen-bond donors (Lipinski definition) is 2. The molecular formula is C31H39FN4O3. The molecule has 2 aromatic rings. The van der Waals surface area contributed by atoms with E-state index in [0.717, 1.165) is 30.5 Å². The van der Waals surface area contributed by atoms with E-state index in [1.807, 2.05) is 50.1 Å². The molecular weight excluding hydrogens is 495 g/mol. The Hall–Kier alpha value is -3.26. The van der Waals surface area contributed by atoms with Gasteiger partial charge in [0, 0.05) is 43.2 Å². The number of benzene rings is 2. The quantitative estimate of drug-likeness (QED) is 0.569. The standard InChI is InChI=1S/C31H39FN4O3/c1-31(2)24-9-5-7-11-27(24)36(30(31)39)23-14-16-35(17-15-23)29(38)26(19-20-8-4-6-10-25(20)32)34-28(37)21-12-13-22(18-21)33-3/h4-11,21-23,26,33H,12-19H2,1-3H3,(H,34,37)/t21-,22+,26?/m0/s1. The minimum absolute atomic E-state index is 0.000972. The molecule has 1 unspecified atom stereocenters. The molecule has 3 atom stereocenters. The lowest BCUT2D eigenvalue weighted by Gasteiger charge is -2.39. The van der Waals surface area contributed by atoms with Crippen LogP contribution in [0, 0.1) is 11.7 Å². The van der Waals surface area contributed by atoms with E-state index in [9.17, 15) is 18.8 Å². The summed E-state index contributed by atoms with van der Waals surface area (Å²) in [7, 11) is 1.90. The Bertz CT molecular complexity index is 1240. The van der Waals surface area contributed by atoms with Crippen molar-refractivity contribution in [3.8, 4) is 0 Å². The average molecular weight is 535 g/mol. The Morgan fingerprint density at radius 3 is 2.41 bits per heavy atom. The number of fused-ring (bicyclic) bond motifs is 1. The minimum Gasteiger partial charge on any atom is -0.344 e. The van der Waals surface area contributed by atoms with E-state index in [-0.39, 0.29) is 41.9 Å². The van der Waals surface area contributed by atoms with Crippen molar-refractivity contribution in [1.82, 2.24) is 15.5 Å². The molecule has 2 heterocycles. The van der Waals surface area contributed by atoms with E-state index in [1.54, 1.807) is 23.1 Å². The monoisotopic (exact) mass is 534 g/mol. The van der Waals surface area contributed by atoms with Crippen LogP contribution in [0.1, 0.15) is 57.1 Å². The van der Waals surface area contributed by atoms with E-state index in [1.165, 1.54) is 6.07 Å². The highest BCUT2D eigenvalue weighted by molar-refractivity contribution is 6.08. The van der Waals surface area contributed by atoms with Crippen molar-refractivity contribution >= 4 is 23.4 Å². The molecule has 1 saturated carbocycles. The Balaban J connectivity index is 1.29. The van der Waals surface area contributed by atoms with Gasteiger partial charge in [-0.3, -0.25) is 14.4 Å². The van der Waals surface area contributed by atoms with Gasteiger partial charge >= 0.3 is 0 Å². The van der Waals surface area contributed by atoms with Gasteiger partial charge in [-0.1, -0.05) is 36.4 Å². The summed E-state index contributed by atoms with van der Waals surface area (Å²) >= 11 is 0. The third kappa shape index (κ3) is 5.31. The van der Waals surface area contributed by atoms with Crippen LogP contribution in [0.3, 0.4) is 0 Å². The van der Waals surface area contributed by atoms with E-state index < -0.39 is 11.5 Å². The van der Waals surface area contributed by atoms with Crippen LogP contribution >= 0.6 is 0 Å². The van der Waals surface area contributed by atoms with Crippen LogP contribution in [-0.4, -0.2) is 60.9 Å². The molecule has 1 aliphatic carbocycles. The van der Waals surface area contributed by atoms with Gasteiger partial charge in [-0.25, -0.2) is 4.39 Å². The number of anilines is 1. The first kappa shape index (κ1) is 27.3. The zero-order valence-corrected chi connectivity index (χ0v) is 23.1. The van der Waals surface area contributed by atoms with E-state index in [4.69, 9.17) is 0 Å². The van der Waals surface area contributed by atoms with Crippen LogP contribution < -0.4 is 15.5 Å². The summed E-state index contributed by atoms with van der Waals surface area (Å²) in [5.74, 6) is -0.781. The maximum Gasteiger partial charge on any atom is 0.245 e. The minimum atomic E-state index is -0.840. The lowest BCUT2D eigenvalue weighted by atomic mass is 9.86. The molecule has 1 saturated heterocycles. The van der Waals surface area contributed by atoms with Gasteiger partial charge in [-0.05, 0) is 76.3 Å². The molecule has 8 heteroatoms. The Kier molecular flexibility index (Phi) is 7.76. The summed E-state index contributed by atoms with van der Waals surface area (Å²) in [6.07, 6.45) is 3.82. The molecule has 2 fully saturated rings. The first-order chi connectivity index (χ1) is 18.7. The Labute approximate surface area is 230 Å². The maximum atomic E-state index is 14.6. The number of nitrogens with one attached hydrogen (secondary N) is 2. The van der Waals surface area contributed by atoms with Crippen molar-refractivity contribution in [3.05, 3.63) is 65.5 Å². The molecule has 5 rings (SSSR count). The van der Waals surface area contributed by atoms with Crippen LogP contribution in [0.4, 0.5) is 10.1 Å². The average Bonchev–Trinajstić information content (AvgIpc) is 3.50. The molecule has 0 radical (unpaired) electrons. The third-order valence-electron chi connectivity index (χ3n) is 8.94. The number of hydrogen-bond acceptors (Lipinski definition) is 4. The van der Waals surface area contributed by atoms with Crippen LogP contribution in [-0.2, 0) is 26.2 Å². The smallest absolute Gasteiger partial charge is 0.245 e. The molecule has 2 aliphatic heterocycles. The third-order valence-corrected chi connectivity index (χ3v) is 8.94. The maximum absolute atomic E-state index is 14.6. The zero-order valence-electron chi connectivity index (χ0n) is 23.1. The Morgan fingerprint density at radius 2 is 1.72 bits per heavy atom. The molecule has 3 aliphatic rings. The topological polar surface area (TPSA) is 81.8 Å². The second kappa shape index (κ2) is 11.1. The number of halogens is 1. The number of nitrogens with zero attached hydrogens (tertiary/aromatic N) is 2. The van der Waals surface area contributed by atoms with Crippen molar-refractivity contribution in [3.63, 3.8) is 0 Å². The molecule has 2 N–H and O–H groups in total. The second-order valence-electron chi connectivity index (χ2n) is 11.7. The predicted molar refractivity (Wildman–Crippen MR) is 149 cm³/mol. The molecule has 2 aromatic carbocycles. The molecule has 0 bridgehead atoms. The summed E-state index contributed by atoms with van der Waals surface area (Å²) in [5.41, 5.74) is 1.82. The van der Waals surface area contributed by atoms with E-state index >= 15 is 0 Å². The summed E-state index contributed by atoms with van der Waals surface area (Å²) in [6, 6.07) is 13.8. The summed E-state index contributed by atoms with van der Waals surface area (Å²) in [5, 5.41) is 6.22. The van der Waals surface area contributed by atoms with Gasteiger partial charge < -0.3 is 20.4 Å². The summed E-state index contributed by atoms with van der Waals surface area (Å²) in [6.45, 7) is 4.88. The Morgan fingerprint density at radius 1 is 1.03 bits per heavy atom. The highest BCUT2D eigenvalue weighted by Crippen LogP contribution is 2.43. The molecule has 39 heavy (non-hydrogen) atoms. The molecule has 208 valence electrons. The zero-order chi connectivity index (χ0) is 27.7. The lowest BCUT2D eigenvalue weighted by molar-refractivity contribution is -0.138. The van der Waals surface area contributed by atoms with Crippen molar-refractivity contribution in [2.24, 2.45) is 5.92 Å². The van der Waals surface area contributed by atoms with Gasteiger partial charge in [0.1, 0.15) is 11.9 Å². The van der Waals surface area contributed by atoms with Gasteiger partial charge in [0.25, 0.3) is 0 Å². The normalized spacial score (nSPS) is 23.5. The lowest BCUT2D eigenvalue weighted by Crippen LogP contribution is -2.55. The highest BCUT2D eigenvalue weighted by Gasteiger charge is 2.47. The van der Waals surface area contributed by atoms with Crippen LogP contribution in [0.15, 0.2) is 48.5 Å². The fraction of sp³-hybridized carbons (Fsp3) is 0.516. The first-order valence-corrected chi connectivity index (χ1v) is 14.1. The highest BCUT2D eigenvalue weighted by atomic mass is 19.1. The van der Waals surface area contributed by atoms with Crippen molar-refractivity contribution in [2.75, 3.05) is 25.0 Å². The molecule has 0 aromatic heterocycles. The number of likely N-dealkylation sites (tertiary alicyclic amines) is 1. The number of piperidine rings is 1. The van der Waals surface area contributed by atoms with E-state index in [2.05, 4.69) is 10.6 Å². The number of amides is 3. The van der Waals surface area contributed by atoms with Gasteiger partial charge in [-0.2, -0.15) is 0 Å². The largest absolute Gasteiger partial charge is 0.344 e. The summed E-state index contributed by atoms with van der Waals surface area (Å²) < 4.78 is 14.6. The van der Waals surface area contributed by atoms with Crippen LogP contribution in [0.25, 0.3) is 0 Å². The number of carbonyl (C=O) groups is 3. The van der Waals surface area contributed by atoms with Gasteiger partial charge in [0.05, 0.1) is 5.41 Å². The van der Waals surface area contributed by atoms with Gasteiger partial charge in [-0.15, -0.1) is 0 Å². The van der Waals surface area contributed by atoms with Crippen molar-refractivity contribution in [1.29, 1.82) is 0 Å². The fourth-order valence-electron chi connectivity index (χ4n) is 6.52. The predicted octanol–water partition coefficient (Wildman–Crippen LogP) is 3.56. The van der Waals surface area contributed by atoms with Gasteiger partial charge in [0.2, 0.25) is 17.7 Å². The second-order valence-corrected chi connectivity index (χ2v) is 11.7. The molecule has 0 spiro atoms. The number of para-hydroxylation sites is 1. The SMILES string of the molecule is CN[C@@H]1CC[C@H](C(=O)NC(Cc2ccccc2F)C(=O)N2CCC(N3C(=O)C(C)(C)c4ccccc43)CC2)C1. The molecule has 3 amide bonds. The van der Waals surface area contributed by atoms with Gasteiger partial charge in [0.15, 0.2) is 0 Å². The van der Waals surface area contributed by atoms with Crippen molar-refractivity contribution in [2.45, 2.75) is 75.9 Å². The summed E-state index contributed by atoms with van der Waals surface area (Å²) in [4.78, 5) is 44.0. The van der Waals surface area contributed by atoms with Crippen molar-refractivity contribution < 1.29 is 18.8 Å². The van der Waals surface area contributed by atoms with E-state index in [0.29, 0.717) is 37.5 Å². The number of carbonyl (C=O) groups excluding carboxylic acids is 3. The van der Waals surface area contributed by atoms with Crippen LogP contribution in [0.5, 0.6) is 0 Å². The molecule has 7 nitrogen and oxygen atoms in total.